The zero-order valence-corrected chi connectivity index (χ0v) is 11.9. The van der Waals surface area contributed by atoms with E-state index in [1.54, 1.807) is 18.4 Å². The van der Waals surface area contributed by atoms with Gasteiger partial charge in [0.25, 0.3) is 0 Å². The van der Waals surface area contributed by atoms with Gasteiger partial charge in [0.05, 0.1) is 5.60 Å². The normalized spacial score (nSPS) is 18.8. The summed E-state index contributed by atoms with van der Waals surface area (Å²) in [7, 11) is 1.79. The van der Waals surface area contributed by atoms with Crippen LogP contribution in [0.25, 0.3) is 0 Å². The molecule has 17 heavy (non-hydrogen) atoms. The highest BCUT2D eigenvalue weighted by atomic mass is 32.1. The molecule has 0 saturated heterocycles. The summed E-state index contributed by atoms with van der Waals surface area (Å²) in [5, 5.41) is 13.7. The van der Waals surface area contributed by atoms with Crippen LogP contribution in [0, 0.1) is 0 Å². The van der Waals surface area contributed by atoms with Crippen molar-refractivity contribution < 1.29 is 4.74 Å². The third-order valence-electron chi connectivity index (χ3n) is 3.33. The molecule has 0 spiro atoms. The van der Waals surface area contributed by atoms with Crippen LogP contribution in [0.3, 0.4) is 0 Å². The second kappa shape index (κ2) is 4.53. The fourth-order valence-corrected chi connectivity index (χ4v) is 2.66. The highest BCUT2D eigenvalue weighted by Gasteiger charge is 2.37. The molecule has 1 fully saturated rings. The van der Waals surface area contributed by atoms with Gasteiger partial charge in [-0.25, -0.2) is 0 Å². The van der Waals surface area contributed by atoms with Crippen LogP contribution in [0.15, 0.2) is 0 Å². The Labute approximate surface area is 107 Å². The third-order valence-corrected chi connectivity index (χ3v) is 4.63. The van der Waals surface area contributed by atoms with E-state index in [1.165, 1.54) is 6.42 Å². The van der Waals surface area contributed by atoms with E-state index in [1.807, 2.05) is 0 Å². The Morgan fingerprint density at radius 1 is 1.35 bits per heavy atom. The molecule has 96 valence electrons. The average molecular weight is 255 g/mol. The van der Waals surface area contributed by atoms with Crippen LogP contribution in [-0.4, -0.2) is 29.5 Å². The maximum Gasteiger partial charge on any atom is 0.205 e. The molecule has 0 aliphatic heterocycles. The zero-order valence-electron chi connectivity index (χ0n) is 11.0. The molecule has 2 rings (SSSR count). The minimum Gasteiger partial charge on any atom is -0.376 e. The highest BCUT2D eigenvalue weighted by molar-refractivity contribution is 7.15. The largest absolute Gasteiger partial charge is 0.376 e. The predicted octanol–water partition coefficient (Wildman–Crippen LogP) is 2.82. The Bertz CT molecular complexity index is 374. The first kappa shape index (κ1) is 12.8. The predicted molar refractivity (Wildman–Crippen MR) is 70.7 cm³/mol. The minimum absolute atomic E-state index is 0.0353. The van der Waals surface area contributed by atoms with Crippen LogP contribution in [0.2, 0.25) is 0 Å². The van der Waals surface area contributed by atoms with Crippen molar-refractivity contribution in [1.29, 1.82) is 0 Å². The summed E-state index contributed by atoms with van der Waals surface area (Å²) >= 11 is 1.64. The second-order valence-electron chi connectivity index (χ2n) is 5.76. The molecule has 0 atom stereocenters. The lowest BCUT2D eigenvalue weighted by molar-refractivity contribution is -0.0601. The van der Waals surface area contributed by atoms with Gasteiger partial charge in [-0.05, 0) is 19.3 Å². The number of nitrogens with zero attached hydrogens (tertiary/aromatic N) is 2. The first-order valence-corrected chi connectivity index (χ1v) is 6.90. The van der Waals surface area contributed by atoms with Crippen molar-refractivity contribution in [3.05, 3.63) is 5.01 Å². The lowest BCUT2D eigenvalue weighted by Crippen LogP contribution is -2.45. The molecule has 1 aliphatic rings. The monoisotopic (exact) mass is 255 g/mol. The number of methoxy groups -OCH3 is 1. The van der Waals surface area contributed by atoms with Crippen molar-refractivity contribution in [2.45, 2.75) is 51.0 Å². The number of hydrogen-bond acceptors (Lipinski definition) is 5. The van der Waals surface area contributed by atoms with Gasteiger partial charge in [0.15, 0.2) is 0 Å². The Morgan fingerprint density at radius 2 is 2.06 bits per heavy atom. The number of ether oxygens (including phenoxy) is 1. The van der Waals surface area contributed by atoms with Gasteiger partial charge in [-0.1, -0.05) is 32.1 Å². The molecular weight excluding hydrogens is 234 g/mol. The summed E-state index contributed by atoms with van der Waals surface area (Å²) in [6.45, 7) is 7.29. The molecular formula is C12H21N3OS. The zero-order chi connectivity index (χ0) is 12.5. The van der Waals surface area contributed by atoms with Gasteiger partial charge < -0.3 is 10.1 Å². The van der Waals surface area contributed by atoms with Crippen molar-refractivity contribution in [3.63, 3.8) is 0 Å². The Kier molecular flexibility index (Phi) is 3.41. The summed E-state index contributed by atoms with van der Waals surface area (Å²) in [5.41, 5.74) is 0.112. The molecule has 0 unspecified atom stereocenters. The fourth-order valence-electron chi connectivity index (χ4n) is 1.86. The van der Waals surface area contributed by atoms with E-state index in [9.17, 15) is 0 Å². The van der Waals surface area contributed by atoms with E-state index in [2.05, 4.69) is 36.3 Å². The first-order valence-electron chi connectivity index (χ1n) is 6.08. The number of hydrogen-bond donors (Lipinski definition) is 1. The molecule has 1 aliphatic carbocycles. The van der Waals surface area contributed by atoms with Gasteiger partial charge in [-0.15, -0.1) is 10.2 Å². The number of aromatic nitrogens is 2. The van der Waals surface area contributed by atoms with Crippen LogP contribution >= 0.6 is 11.3 Å². The maximum atomic E-state index is 5.56. The summed E-state index contributed by atoms with van der Waals surface area (Å²) in [6, 6.07) is 0. The van der Waals surface area contributed by atoms with Crippen molar-refractivity contribution >= 4 is 16.5 Å². The van der Waals surface area contributed by atoms with Crippen LogP contribution in [0.4, 0.5) is 5.13 Å². The van der Waals surface area contributed by atoms with Crippen LogP contribution in [0.5, 0.6) is 0 Å². The second-order valence-corrected chi connectivity index (χ2v) is 6.73. The summed E-state index contributed by atoms with van der Waals surface area (Å²) in [4.78, 5) is 0. The number of anilines is 1. The third kappa shape index (κ3) is 2.77. The van der Waals surface area contributed by atoms with E-state index >= 15 is 0 Å². The Hall–Kier alpha value is -0.680. The molecule has 1 saturated carbocycles. The molecule has 0 aromatic carbocycles. The van der Waals surface area contributed by atoms with Crippen LogP contribution in [-0.2, 0) is 10.2 Å². The topological polar surface area (TPSA) is 47.0 Å². The SMILES string of the molecule is COC1(CNc2nnc(C(C)(C)C)s2)CCC1. The average Bonchev–Trinajstić information content (AvgIpc) is 2.65. The molecule has 0 radical (unpaired) electrons. The molecule has 0 amide bonds. The molecule has 4 nitrogen and oxygen atoms in total. The summed E-state index contributed by atoms with van der Waals surface area (Å²) < 4.78 is 5.56. The first-order chi connectivity index (χ1) is 7.95. The maximum absolute atomic E-state index is 5.56. The van der Waals surface area contributed by atoms with Crippen molar-refractivity contribution in [1.82, 2.24) is 10.2 Å². The van der Waals surface area contributed by atoms with Gasteiger partial charge in [-0.2, -0.15) is 0 Å². The Balaban J connectivity index is 1.93. The molecule has 1 heterocycles. The van der Waals surface area contributed by atoms with Crippen LogP contribution < -0.4 is 5.32 Å². The van der Waals surface area contributed by atoms with Crippen molar-refractivity contribution in [2.24, 2.45) is 0 Å². The van der Waals surface area contributed by atoms with Crippen LogP contribution in [0.1, 0.15) is 45.0 Å². The van der Waals surface area contributed by atoms with Gasteiger partial charge in [0, 0.05) is 19.1 Å². The van der Waals surface area contributed by atoms with E-state index < -0.39 is 0 Å². The van der Waals surface area contributed by atoms with E-state index in [4.69, 9.17) is 4.74 Å². The molecule has 5 heteroatoms. The van der Waals surface area contributed by atoms with Crippen molar-refractivity contribution in [3.8, 4) is 0 Å². The van der Waals surface area contributed by atoms with E-state index in [0.717, 1.165) is 29.5 Å². The number of rotatable bonds is 4. The summed E-state index contributed by atoms with van der Waals surface area (Å²) in [5.74, 6) is 0. The number of nitrogens with one attached hydrogen (secondary N) is 1. The summed E-state index contributed by atoms with van der Waals surface area (Å²) in [6.07, 6.45) is 3.54. The quantitative estimate of drug-likeness (QED) is 0.898. The molecule has 1 aromatic heterocycles. The fraction of sp³-hybridized carbons (Fsp3) is 0.833. The smallest absolute Gasteiger partial charge is 0.205 e. The lowest BCUT2D eigenvalue weighted by atomic mass is 9.80. The van der Waals surface area contributed by atoms with Gasteiger partial charge in [-0.3, -0.25) is 0 Å². The van der Waals surface area contributed by atoms with E-state index in [-0.39, 0.29) is 11.0 Å². The van der Waals surface area contributed by atoms with Gasteiger partial charge >= 0.3 is 0 Å². The molecule has 1 aromatic rings. The van der Waals surface area contributed by atoms with Crippen molar-refractivity contribution in [2.75, 3.05) is 19.0 Å². The molecule has 1 N–H and O–H groups in total. The standard InChI is InChI=1S/C12H21N3OS/c1-11(2,3)9-14-15-10(17-9)13-8-12(16-4)6-5-7-12/h5-8H2,1-4H3,(H,13,15). The van der Waals surface area contributed by atoms with Gasteiger partial charge in [0.2, 0.25) is 5.13 Å². The minimum atomic E-state index is 0.0353. The van der Waals surface area contributed by atoms with Gasteiger partial charge in [0.1, 0.15) is 5.01 Å². The Morgan fingerprint density at radius 3 is 2.47 bits per heavy atom. The lowest BCUT2D eigenvalue weighted by Gasteiger charge is -2.40. The molecule has 0 bridgehead atoms. The highest BCUT2D eigenvalue weighted by Crippen LogP contribution is 2.35. The van der Waals surface area contributed by atoms with E-state index in [0.29, 0.717) is 0 Å².